The molecule has 4 aliphatic carbocycles. The Balaban J connectivity index is 1.31. The lowest BCUT2D eigenvalue weighted by Crippen LogP contribution is -2.65. The standard InChI is InChI=1S/C29H45NO3S/c1-26-10-7-23(31)19-21(26)5-6-25-24(26)8-11-27(2)28(25,32)12-13-29(27,22-9-18-34-20-22)33-17-16-30-14-3-4-15-30/h9,18,20-21,23-25,31-32H,3-8,10-17,19H2,1-2H3/t21-,23+,24+,25-,26+,27+,28+,29+/m1/s1. The van der Waals surface area contributed by atoms with Gasteiger partial charge in [0.15, 0.2) is 0 Å². The van der Waals surface area contributed by atoms with Crippen molar-refractivity contribution in [2.45, 2.75) is 102 Å². The van der Waals surface area contributed by atoms with E-state index in [0.29, 0.717) is 17.8 Å². The molecule has 0 bridgehead atoms. The van der Waals surface area contributed by atoms with Gasteiger partial charge in [-0.15, -0.1) is 0 Å². The van der Waals surface area contributed by atoms with Crippen LogP contribution in [0.25, 0.3) is 0 Å². The van der Waals surface area contributed by atoms with Gasteiger partial charge >= 0.3 is 0 Å². The molecule has 0 unspecified atom stereocenters. The van der Waals surface area contributed by atoms with Crippen LogP contribution in [0.3, 0.4) is 0 Å². The number of rotatable bonds is 5. The number of aliphatic hydroxyl groups is 2. The summed E-state index contributed by atoms with van der Waals surface area (Å²) in [5.74, 6) is 1.54. The van der Waals surface area contributed by atoms with Crippen LogP contribution in [0.1, 0.15) is 90.0 Å². The Morgan fingerprint density at radius 2 is 1.85 bits per heavy atom. The van der Waals surface area contributed by atoms with E-state index in [1.165, 1.54) is 37.9 Å². The van der Waals surface area contributed by atoms with Crippen LogP contribution in [-0.2, 0) is 10.3 Å². The van der Waals surface area contributed by atoms with Crippen molar-refractivity contribution in [2.24, 2.45) is 28.6 Å². The van der Waals surface area contributed by atoms with Crippen LogP contribution in [0.2, 0.25) is 0 Å². The lowest BCUT2D eigenvalue weighted by molar-refractivity contribution is -0.249. The number of hydrogen-bond acceptors (Lipinski definition) is 5. The fourth-order valence-corrected chi connectivity index (χ4v) is 10.5. The van der Waals surface area contributed by atoms with Gasteiger partial charge in [0, 0.05) is 12.0 Å². The first-order valence-electron chi connectivity index (χ1n) is 14.1. The van der Waals surface area contributed by atoms with Crippen LogP contribution in [-0.4, -0.2) is 53.1 Å². The molecule has 2 heterocycles. The summed E-state index contributed by atoms with van der Waals surface area (Å²) < 4.78 is 7.03. The SMILES string of the molecule is C[C@]12CC[C@H](O)C[C@H]1CC[C@@H]1[C@@H]2CC[C@]2(C)[C@@](OCCN3CCCC3)(c3ccsc3)CC[C@]12O. The molecule has 1 aromatic heterocycles. The van der Waals surface area contributed by atoms with Gasteiger partial charge in [-0.1, -0.05) is 13.8 Å². The van der Waals surface area contributed by atoms with Crippen molar-refractivity contribution in [2.75, 3.05) is 26.2 Å². The lowest BCUT2D eigenvalue weighted by Gasteiger charge is -2.64. The first-order chi connectivity index (χ1) is 16.3. The summed E-state index contributed by atoms with van der Waals surface area (Å²) in [5, 5.41) is 27.6. The fourth-order valence-electron chi connectivity index (χ4n) is 9.83. The zero-order valence-corrected chi connectivity index (χ0v) is 22.1. The first-order valence-corrected chi connectivity index (χ1v) is 15.1. The van der Waals surface area contributed by atoms with E-state index < -0.39 is 5.60 Å². The number of ether oxygens (including phenoxy) is 1. The van der Waals surface area contributed by atoms with Gasteiger partial charge in [0.05, 0.1) is 18.3 Å². The van der Waals surface area contributed by atoms with Crippen LogP contribution in [0.4, 0.5) is 0 Å². The third-order valence-corrected chi connectivity index (χ3v) is 12.6. The minimum atomic E-state index is -0.671. The molecule has 0 amide bonds. The Labute approximate surface area is 210 Å². The molecular formula is C29H45NO3S. The van der Waals surface area contributed by atoms with Crippen LogP contribution in [0, 0.1) is 28.6 Å². The maximum atomic E-state index is 12.7. The average molecular weight is 488 g/mol. The van der Waals surface area contributed by atoms with Crippen molar-refractivity contribution in [1.82, 2.24) is 4.90 Å². The van der Waals surface area contributed by atoms with Gasteiger partial charge in [-0.2, -0.15) is 11.3 Å². The number of thiophene rings is 1. The quantitative estimate of drug-likeness (QED) is 0.570. The molecule has 4 saturated carbocycles. The van der Waals surface area contributed by atoms with E-state index in [0.717, 1.165) is 64.5 Å². The third-order valence-electron chi connectivity index (χ3n) is 11.9. The minimum Gasteiger partial charge on any atom is -0.393 e. The molecule has 0 spiro atoms. The summed E-state index contributed by atoms with van der Waals surface area (Å²) in [7, 11) is 0. The molecule has 5 aliphatic rings. The van der Waals surface area contributed by atoms with Crippen LogP contribution in [0.15, 0.2) is 16.8 Å². The molecule has 0 radical (unpaired) electrons. The van der Waals surface area contributed by atoms with Gasteiger partial charge in [-0.05, 0) is 129 Å². The highest BCUT2D eigenvalue weighted by molar-refractivity contribution is 7.08. The van der Waals surface area contributed by atoms with Crippen molar-refractivity contribution < 1.29 is 14.9 Å². The number of aliphatic hydroxyl groups excluding tert-OH is 1. The maximum absolute atomic E-state index is 12.7. The Morgan fingerprint density at radius 1 is 1.03 bits per heavy atom. The van der Waals surface area contributed by atoms with E-state index in [-0.39, 0.29) is 22.5 Å². The summed E-state index contributed by atoms with van der Waals surface area (Å²) in [6.07, 6.45) is 11.8. The highest BCUT2D eigenvalue weighted by Crippen LogP contribution is 2.72. The highest BCUT2D eigenvalue weighted by Gasteiger charge is 2.72. The zero-order valence-electron chi connectivity index (χ0n) is 21.3. The molecule has 34 heavy (non-hydrogen) atoms. The fraction of sp³-hybridized carbons (Fsp3) is 0.862. The second-order valence-corrected chi connectivity index (χ2v) is 13.7. The maximum Gasteiger partial charge on any atom is 0.102 e. The Bertz CT molecular complexity index is 871. The van der Waals surface area contributed by atoms with Crippen molar-refractivity contribution in [3.8, 4) is 0 Å². The van der Waals surface area contributed by atoms with Gasteiger partial charge in [0.2, 0.25) is 0 Å². The molecule has 190 valence electrons. The molecule has 1 aromatic rings. The van der Waals surface area contributed by atoms with E-state index in [2.05, 4.69) is 35.6 Å². The molecule has 2 N–H and O–H groups in total. The first kappa shape index (κ1) is 23.9. The van der Waals surface area contributed by atoms with Crippen molar-refractivity contribution in [3.63, 3.8) is 0 Å². The molecule has 5 heteroatoms. The third kappa shape index (κ3) is 3.29. The van der Waals surface area contributed by atoms with E-state index >= 15 is 0 Å². The number of hydrogen-bond donors (Lipinski definition) is 2. The Hall–Kier alpha value is -0.460. The zero-order chi connectivity index (χ0) is 23.6. The molecule has 6 rings (SSSR count). The second-order valence-electron chi connectivity index (χ2n) is 13.0. The lowest BCUT2D eigenvalue weighted by atomic mass is 9.43. The van der Waals surface area contributed by atoms with Gasteiger partial charge in [0.1, 0.15) is 5.60 Å². The Morgan fingerprint density at radius 3 is 2.62 bits per heavy atom. The summed E-state index contributed by atoms with van der Waals surface area (Å²) in [6, 6.07) is 2.27. The largest absolute Gasteiger partial charge is 0.393 e. The monoisotopic (exact) mass is 487 g/mol. The van der Waals surface area contributed by atoms with Crippen LogP contribution in [0.5, 0.6) is 0 Å². The van der Waals surface area contributed by atoms with Gasteiger partial charge in [0.25, 0.3) is 0 Å². The topological polar surface area (TPSA) is 52.9 Å². The minimum absolute atomic E-state index is 0.117. The summed E-state index contributed by atoms with van der Waals surface area (Å²) in [5.41, 5.74) is 0.257. The molecule has 8 atom stereocenters. The van der Waals surface area contributed by atoms with Crippen LogP contribution >= 0.6 is 11.3 Å². The molecule has 1 aliphatic heterocycles. The predicted octanol–water partition coefficient (Wildman–Crippen LogP) is 5.57. The average Bonchev–Trinajstić information content (AvgIpc) is 3.57. The molecule has 4 nitrogen and oxygen atoms in total. The number of likely N-dealkylation sites (tertiary alicyclic amines) is 1. The van der Waals surface area contributed by atoms with Crippen LogP contribution < -0.4 is 0 Å². The molecular weight excluding hydrogens is 442 g/mol. The van der Waals surface area contributed by atoms with Gasteiger partial charge < -0.3 is 19.8 Å². The van der Waals surface area contributed by atoms with Gasteiger partial charge in [-0.25, -0.2) is 0 Å². The van der Waals surface area contributed by atoms with E-state index in [4.69, 9.17) is 4.74 Å². The highest BCUT2D eigenvalue weighted by atomic mass is 32.1. The number of fused-ring (bicyclic) bond motifs is 5. The summed E-state index contributed by atoms with van der Waals surface area (Å²) >= 11 is 1.76. The summed E-state index contributed by atoms with van der Waals surface area (Å²) in [4.78, 5) is 2.54. The van der Waals surface area contributed by atoms with Crippen molar-refractivity contribution >= 4 is 11.3 Å². The van der Waals surface area contributed by atoms with Crippen molar-refractivity contribution in [1.29, 1.82) is 0 Å². The Kier molecular flexibility index (Phi) is 6.01. The molecule has 5 fully saturated rings. The summed E-state index contributed by atoms with van der Waals surface area (Å²) in [6.45, 7) is 9.05. The van der Waals surface area contributed by atoms with E-state index in [1.807, 2.05) is 0 Å². The van der Waals surface area contributed by atoms with Gasteiger partial charge in [-0.3, -0.25) is 0 Å². The smallest absolute Gasteiger partial charge is 0.102 e. The van der Waals surface area contributed by atoms with E-state index in [9.17, 15) is 10.2 Å². The normalized spacial score (nSPS) is 48.9. The molecule has 1 saturated heterocycles. The second kappa shape index (κ2) is 8.55. The van der Waals surface area contributed by atoms with Crippen molar-refractivity contribution in [3.05, 3.63) is 22.4 Å². The van der Waals surface area contributed by atoms with E-state index in [1.54, 1.807) is 11.3 Å². The molecule has 0 aromatic carbocycles. The predicted molar refractivity (Wildman–Crippen MR) is 137 cm³/mol. The number of nitrogens with zero attached hydrogens (tertiary/aromatic N) is 1.